The number of anilines is 2. The molecule has 0 radical (unpaired) electrons. The summed E-state index contributed by atoms with van der Waals surface area (Å²) in [6.07, 6.45) is 8.37. The van der Waals surface area contributed by atoms with Gasteiger partial charge in [-0.3, -0.25) is 9.48 Å². The Bertz CT molecular complexity index is 1610. The smallest absolute Gasteiger partial charge is 0.410 e. The fourth-order valence-electron chi connectivity index (χ4n) is 5.31. The van der Waals surface area contributed by atoms with Crippen molar-refractivity contribution >= 4 is 39.9 Å². The second kappa shape index (κ2) is 9.79. The van der Waals surface area contributed by atoms with Gasteiger partial charge in [0, 0.05) is 61.9 Å². The summed E-state index contributed by atoms with van der Waals surface area (Å²) in [6, 6.07) is 5.32. The summed E-state index contributed by atoms with van der Waals surface area (Å²) >= 11 is 0. The van der Waals surface area contributed by atoms with Crippen LogP contribution in [0.5, 0.6) is 0 Å². The summed E-state index contributed by atoms with van der Waals surface area (Å²) < 4.78 is 23.7. The third kappa shape index (κ3) is 4.96. The Hall–Kier alpha value is -4.15. The molecule has 0 spiro atoms. The topological polar surface area (TPSA) is 97.0 Å². The van der Waals surface area contributed by atoms with Gasteiger partial charge in [0.2, 0.25) is 0 Å². The van der Waals surface area contributed by atoms with Crippen LogP contribution in [-0.2, 0) is 4.74 Å². The molecule has 2 amide bonds. The van der Waals surface area contributed by atoms with Crippen LogP contribution in [0.15, 0.2) is 36.8 Å². The van der Waals surface area contributed by atoms with Crippen molar-refractivity contribution < 1.29 is 18.7 Å². The standard InChI is InChI=1S/C29H34FN7O3/c1-18-15-36-16-19(14-23(30)26(36)31-18)32-27(38)21-8-9-24(22-17-37(33-25(21)22)20-6-5-7-20)34-10-12-35(13-11-34)28(39)40-29(2,3)4/h8-9,14-17,20H,5-7,10-13H2,1-4H3,(H,32,38). The molecule has 2 aliphatic rings. The van der Waals surface area contributed by atoms with E-state index in [1.54, 1.807) is 34.7 Å². The molecular weight excluding hydrogens is 513 g/mol. The predicted molar refractivity (Wildman–Crippen MR) is 150 cm³/mol. The minimum absolute atomic E-state index is 0.216. The van der Waals surface area contributed by atoms with Crippen molar-refractivity contribution in [1.82, 2.24) is 24.1 Å². The number of amides is 2. The molecule has 11 heteroatoms. The van der Waals surface area contributed by atoms with Gasteiger partial charge in [-0.15, -0.1) is 0 Å². The van der Waals surface area contributed by atoms with E-state index >= 15 is 0 Å². The number of hydrogen-bond donors (Lipinski definition) is 1. The minimum Gasteiger partial charge on any atom is -0.444 e. The number of nitrogens with one attached hydrogen (secondary N) is 1. The van der Waals surface area contributed by atoms with E-state index in [1.165, 1.54) is 6.07 Å². The van der Waals surface area contributed by atoms with Crippen molar-refractivity contribution in [2.45, 2.75) is 58.6 Å². The molecule has 3 aromatic heterocycles. The maximum Gasteiger partial charge on any atom is 0.410 e. The number of aromatic nitrogens is 4. The predicted octanol–water partition coefficient (Wildman–Crippen LogP) is 5.17. The molecular formula is C29H34FN7O3. The van der Waals surface area contributed by atoms with Crippen LogP contribution in [0.2, 0.25) is 0 Å². The van der Waals surface area contributed by atoms with Gasteiger partial charge in [-0.2, -0.15) is 5.10 Å². The first-order chi connectivity index (χ1) is 19.1. The number of carbonyl (C=O) groups excluding carboxylic acids is 2. The monoisotopic (exact) mass is 547 g/mol. The summed E-state index contributed by atoms with van der Waals surface area (Å²) in [6.45, 7) is 9.73. The van der Waals surface area contributed by atoms with Gasteiger partial charge in [-0.25, -0.2) is 14.2 Å². The second-order valence-electron chi connectivity index (χ2n) is 11.7. The minimum atomic E-state index is -0.540. The molecule has 1 saturated heterocycles. The van der Waals surface area contributed by atoms with Crippen molar-refractivity contribution in [2.24, 2.45) is 0 Å². The molecule has 40 heavy (non-hydrogen) atoms. The van der Waals surface area contributed by atoms with E-state index in [4.69, 9.17) is 9.84 Å². The lowest BCUT2D eigenvalue weighted by Crippen LogP contribution is -2.50. The van der Waals surface area contributed by atoms with Gasteiger partial charge in [0.1, 0.15) is 11.1 Å². The summed E-state index contributed by atoms with van der Waals surface area (Å²) in [4.78, 5) is 34.2. The molecule has 10 nitrogen and oxygen atoms in total. The van der Waals surface area contributed by atoms with Gasteiger partial charge < -0.3 is 24.3 Å². The number of benzene rings is 1. The zero-order valence-corrected chi connectivity index (χ0v) is 23.3. The molecule has 1 saturated carbocycles. The molecule has 2 fully saturated rings. The fourth-order valence-corrected chi connectivity index (χ4v) is 5.31. The van der Waals surface area contributed by atoms with Gasteiger partial charge in [0.25, 0.3) is 5.91 Å². The summed E-state index contributed by atoms with van der Waals surface area (Å²) in [7, 11) is 0. The summed E-state index contributed by atoms with van der Waals surface area (Å²) in [5, 5.41) is 8.60. The van der Waals surface area contributed by atoms with Gasteiger partial charge in [0.05, 0.1) is 23.0 Å². The number of piperazine rings is 1. The molecule has 4 heterocycles. The quantitative estimate of drug-likeness (QED) is 0.379. The molecule has 1 N–H and O–H groups in total. The first-order valence-electron chi connectivity index (χ1n) is 13.8. The lowest BCUT2D eigenvalue weighted by atomic mass is 9.93. The number of aryl methyl sites for hydroxylation is 1. The highest BCUT2D eigenvalue weighted by Crippen LogP contribution is 2.36. The SMILES string of the molecule is Cc1cn2cc(NC(=O)c3ccc(N4CCN(C(=O)OC(C)(C)C)CC4)c4cn(C5CCC5)nc34)cc(F)c2n1. The van der Waals surface area contributed by atoms with E-state index < -0.39 is 11.4 Å². The number of fused-ring (bicyclic) bond motifs is 2. The molecule has 0 unspecified atom stereocenters. The molecule has 1 aliphatic carbocycles. The number of halogens is 1. The Morgan fingerprint density at radius 1 is 1.07 bits per heavy atom. The van der Waals surface area contributed by atoms with E-state index in [0.29, 0.717) is 54.7 Å². The van der Waals surface area contributed by atoms with Crippen molar-refractivity contribution in [2.75, 3.05) is 36.4 Å². The lowest BCUT2D eigenvalue weighted by molar-refractivity contribution is 0.0240. The molecule has 0 bridgehead atoms. The highest BCUT2D eigenvalue weighted by Gasteiger charge is 2.29. The Morgan fingerprint density at radius 2 is 1.82 bits per heavy atom. The van der Waals surface area contributed by atoms with Crippen LogP contribution in [0.4, 0.5) is 20.6 Å². The molecule has 0 atom stereocenters. The van der Waals surface area contributed by atoms with E-state index in [9.17, 15) is 14.0 Å². The summed E-state index contributed by atoms with van der Waals surface area (Å²) in [5.74, 6) is -0.869. The van der Waals surface area contributed by atoms with E-state index in [-0.39, 0.29) is 17.6 Å². The Labute approximate surface area is 231 Å². The molecule has 1 aromatic carbocycles. The highest BCUT2D eigenvalue weighted by molar-refractivity contribution is 6.14. The maximum atomic E-state index is 14.6. The number of imidazole rings is 1. The van der Waals surface area contributed by atoms with E-state index in [2.05, 4.69) is 15.2 Å². The van der Waals surface area contributed by atoms with Gasteiger partial charge in [-0.05, 0) is 59.1 Å². The number of rotatable bonds is 4. The van der Waals surface area contributed by atoms with Crippen molar-refractivity contribution in [3.63, 3.8) is 0 Å². The van der Waals surface area contributed by atoms with Gasteiger partial charge in [-0.1, -0.05) is 0 Å². The number of pyridine rings is 1. The first kappa shape index (κ1) is 26.1. The zero-order chi connectivity index (χ0) is 28.2. The average Bonchev–Trinajstić information content (AvgIpc) is 3.45. The molecule has 6 rings (SSSR count). The summed E-state index contributed by atoms with van der Waals surface area (Å²) in [5.41, 5.74) is 2.70. The fraction of sp³-hybridized carbons (Fsp3) is 0.448. The Kier molecular flexibility index (Phi) is 6.39. The van der Waals surface area contributed by atoms with Crippen LogP contribution < -0.4 is 10.2 Å². The highest BCUT2D eigenvalue weighted by atomic mass is 19.1. The second-order valence-corrected chi connectivity index (χ2v) is 11.7. The normalized spacial score (nSPS) is 16.4. The third-order valence-electron chi connectivity index (χ3n) is 7.52. The average molecular weight is 548 g/mol. The van der Waals surface area contributed by atoms with Crippen molar-refractivity contribution in [3.8, 4) is 0 Å². The van der Waals surface area contributed by atoms with Crippen LogP contribution >= 0.6 is 0 Å². The van der Waals surface area contributed by atoms with E-state index in [1.807, 2.05) is 37.7 Å². The third-order valence-corrected chi connectivity index (χ3v) is 7.52. The van der Waals surface area contributed by atoms with Crippen LogP contribution in [-0.4, -0.2) is 67.8 Å². The first-order valence-corrected chi connectivity index (χ1v) is 13.8. The van der Waals surface area contributed by atoms with Crippen molar-refractivity contribution in [1.29, 1.82) is 0 Å². The number of ether oxygens (including phenoxy) is 1. The lowest BCUT2D eigenvalue weighted by Gasteiger charge is -2.37. The van der Waals surface area contributed by atoms with Gasteiger partial charge >= 0.3 is 6.09 Å². The number of nitrogens with zero attached hydrogens (tertiary/aromatic N) is 6. The number of hydrogen-bond acceptors (Lipinski definition) is 6. The zero-order valence-electron chi connectivity index (χ0n) is 23.3. The van der Waals surface area contributed by atoms with Crippen LogP contribution in [0.1, 0.15) is 62.1 Å². The molecule has 1 aliphatic heterocycles. The molecule has 210 valence electrons. The molecule has 4 aromatic rings. The van der Waals surface area contributed by atoms with Gasteiger partial charge in [0.15, 0.2) is 11.5 Å². The Morgan fingerprint density at radius 3 is 2.50 bits per heavy atom. The van der Waals surface area contributed by atoms with Crippen molar-refractivity contribution in [3.05, 3.63) is 53.9 Å². The van der Waals surface area contributed by atoms with Crippen LogP contribution in [0.3, 0.4) is 0 Å². The van der Waals surface area contributed by atoms with Crippen LogP contribution in [0, 0.1) is 12.7 Å². The Balaban J connectivity index is 1.28. The number of carbonyl (C=O) groups is 2. The van der Waals surface area contributed by atoms with Crippen LogP contribution in [0.25, 0.3) is 16.6 Å². The maximum absolute atomic E-state index is 14.6. The largest absolute Gasteiger partial charge is 0.444 e. The van der Waals surface area contributed by atoms with E-state index in [0.717, 1.165) is 30.3 Å².